The Balaban J connectivity index is 1.64. The SMILES string of the molecule is COc1ccc(CNC(=O)CS(=O)(=O)Cc2cccc3ccccc23)cc1OC. The monoisotopic (exact) mass is 413 g/mol. The predicted molar refractivity (Wildman–Crippen MR) is 113 cm³/mol. The highest BCUT2D eigenvalue weighted by Crippen LogP contribution is 2.27. The van der Waals surface area contributed by atoms with E-state index in [-0.39, 0.29) is 12.3 Å². The lowest BCUT2D eigenvalue weighted by Gasteiger charge is -2.11. The molecule has 0 bridgehead atoms. The number of methoxy groups -OCH3 is 2. The maximum atomic E-state index is 12.6. The van der Waals surface area contributed by atoms with E-state index >= 15 is 0 Å². The van der Waals surface area contributed by atoms with Crippen molar-refractivity contribution in [1.82, 2.24) is 5.32 Å². The molecule has 6 nitrogen and oxygen atoms in total. The normalized spacial score (nSPS) is 11.2. The number of nitrogens with one attached hydrogen (secondary N) is 1. The Morgan fingerprint density at radius 2 is 1.66 bits per heavy atom. The predicted octanol–water partition coefficient (Wildman–Crippen LogP) is 3.09. The Morgan fingerprint density at radius 1 is 0.931 bits per heavy atom. The highest BCUT2D eigenvalue weighted by atomic mass is 32.2. The Hall–Kier alpha value is -3.06. The fraction of sp³-hybridized carbons (Fsp3) is 0.227. The van der Waals surface area contributed by atoms with Crippen molar-refractivity contribution < 1.29 is 22.7 Å². The largest absolute Gasteiger partial charge is 0.493 e. The van der Waals surface area contributed by atoms with Crippen molar-refractivity contribution in [2.45, 2.75) is 12.3 Å². The summed E-state index contributed by atoms with van der Waals surface area (Å²) >= 11 is 0. The van der Waals surface area contributed by atoms with Gasteiger partial charge in [-0.15, -0.1) is 0 Å². The molecule has 152 valence electrons. The third-order valence-corrected chi connectivity index (χ3v) is 6.00. The highest BCUT2D eigenvalue weighted by molar-refractivity contribution is 7.91. The maximum absolute atomic E-state index is 12.6. The molecule has 1 N–H and O–H groups in total. The molecular formula is C22H23NO5S. The Morgan fingerprint density at radius 3 is 2.41 bits per heavy atom. The van der Waals surface area contributed by atoms with E-state index in [0.29, 0.717) is 17.1 Å². The van der Waals surface area contributed by atoms with Crippen molar-refractivity contribution >= 4 is 26.5 Å². The van der Waals surface area contributed by atoms with Gasteiger partial charge in [0.05, 0.1) is 20.0 Å². The van der Waals surface area contributed by atoms with Crippen molar-refractivity contribution in [2.24, 2.45) is 0 Å². The van der Waals surface area contributed by atoms with Gasteiger partial charge in [0.25, 0.3) is 0 Å². The van der Waals surface area contributed by atoms with Crippen molar-refractivity contribution in [2.75, 3.05) is 20.0 Å². The number of amides is 1. The number of carbonyl (C=O) groups excluding carboxylic acids is 1. The van der Waals surface area contributed by atoms with Crippen LogP contribution in [0.5, 0.6) is 11.5 Å². The summed E-state index contributed by atoms with van der Waals surface area (Å²) < 4.78 is 35.5. The molecule has 0 saturated carbocycles. The smallest absolute Gasteiger partial charge is 0.235 e. The van der Waals surface area contributed by atoms with Gasteiger partial charge >= 0.3 is 0 Å². The average Bonchev–Trinajstić information content (AvgIpc) is 2.71. The summed E-state index contributed by atoms with van der Waals surface area (Å²) in [6.07, 6.45) is 0. The first-order valence-corrected chi connectivity index (χ1v) is 10.9. The summed E-state index contributed by atoms with van der Waals surface area (Å²) in [6.45, 7) is 0.197. The third-order valence-electron chi connectivity index (χ3n) is 4.54. The van der Waals surface area contributed by atoms with Gasteiger partial charge in [0.15, 0.2) is 21.3 Å². The molecule has 0 atom stereocenters. The lowest BCUT2D eigenvalue weighted by atomic mass is 10.1. The van der Waals surface area contributed by atoms with E-state index in [2.05, 4.69) is 5.32 Å². The number of ether oxygens (including phenoxy) is 2. The van der Waals surface area contributed by atoms with E-state index in [4.69, 9.17) is 9.47 Å². The first-order chi connectivity index (χ1) is 13.9. The van der Waals surface area contributed by atoms with Crippen LogP contribution in [0.3, 0.4) is 0 Å². The van der Waals surface area contributed by atoms with Gasteiger partial charge in [0, 0.05) is 6.54 Å². The first-order valence-electron chi connectivity index (χ1n) is 9.06. The van der Waals surface area contributed by atoms with Gasteiger partial charge in [-0.1, -0.05) is 48.5 Å². The third kappa shape index (κ3) is 5.26. The maximum Gasteiger partial charge on any atom is 0.235 e. The molecule has 7 heteroatoms. The summed E-state index contributed by atoms with van der Waals surface area (Å²) in [7, 11) is -0.540. The molecule has 0 aliphatic heterocycles. The van der Waals surface area contributed by atoms with Crippen molar-refractivity contribution in [3.63, 3.8) is 0 Å². The van der Waals surface area contributed by atoms with Crippen LogP contribution >= 0.6 is 0 Å². The molecule has 3 aromatic rings. The van der Waals surface area contributed by atoms with E-state index in [0.717, 1.165) is 16.3 Å². The second kappa shape index (κ2) is 8.96. The van der Waals surface area contributed by atoms with Crippen LogP contribution in [0.4, 0.5) is 0 Å². The molecule has 3 aromatic carbocycles. The Bertz CT molecular complexity index is 1120. The fourth-order valence-electron chi connectivity index (χ4n) is 3.15. The number of sulfone groups is 1. The standard InChI is InChI=1S/C22H23NO5S/c1-27-20-11-10-16(12-21(20)28-2)13-23-22(24)15-29(25,26)14-18-8-5-7-17-6-3-4-9-19(17)18/h3-12H,13-15H2,1-2H3,(H,23,24). The van der Waals surface area contributed by atoms with E-state index < -0.39 is 21.5 Å². The van der Waals surface area contributed by atoms with E-state index in [9.17, 15) is 13.2 Å². The van der Waals surface area contributed by atoms with Gasteiger partial charge in [-0.3, -0.25) is 4.79 Å². The number of benzene rings is 3. The minimum Gasteiger partial charge on any atom is -0.493 e. The van der Waals surface area contributed by atoms with Crippen molar-refractivity contribution in [3.05, 3.63) is 71.8 Å². The molecule has 0 aromatic heterocycles. The topological polar surface area (TPSA) is 81.7 Å². The fourth-order valence-corrected chi connectivity index (χ4v) is 4.48. The first kappa shape index (κ1) is 20.7. The van der Waals surface area contributed by atoms with Crippen LogP contribution in [0.15, 0.2) is 60.7 Å². The quantitative estimate of drug-likeness (QED) is 0.614. The van der Waals surface area contributed by atoms with E-state index in [1.807, 2.05) is 36.4 Å². The molecule has 0 aliphatic rings. The van der Waals surface area contributed by atoms with Gasteiger partial charge in [-0.05, 0) is 34.0 Å². The van der Waals surface area contributed by atoms with Crippen LogP contribution in [-0.4, -0.2) is 34.3 Å². The van der Waals surface area contributed by atoms with Crippen LogP contribution in [0, 0.1) is 0 Å². The van der Waals surface area contributed by atoms with Crippen molar-refractivity contribution in [3.8, 4) is 11.5 Å². The molecule has 1 amide bonds. The zero-order chi connectivity index (χ0) is 20.9. The van der Waals surface area contributed by atoms with Crippen LogP contribution in [-0.2, 0) is 26.9 Å². The second-order valence-corrected chi connectivity index (χ2v) is 8.70. The lowest BCUT2D eigenvalue weighted by Crippen LogP contribution is -2.30. The Kier molecular flexibility index (Phi) is 6.39. The summed E-state index contributed by atoms with van der Waals surface area (Å²) in [5.74, 6) is -0.162. The molecule has 3 rings (SSSR count). The zero-order valence-electron chi connectivity index (χ0n) is 16.3. The molecular weight excluding hydrogens is 390 g/mol. The van der Waals surface area contributed by atoms with Gasteiger partial charge in [-0.25, -0.2) is 8.42 Å². The van der Waals surface area contributed by atoms with Gasteiger partial charge < -0.3 is 14.8 Å². The van der Waals surface area contributed by atoms with Gasteiger partial charge in [-0.2, -0.15) is 0 Å². The van der Waals surface area contributed by atoms with Gasteiger partial charge in [0.1, 0.15) is 5.75 Å². The molecule has 29 heavy (non-hydrogen) atoms. The van der Waals surface area contributed by atoms with Crippen LogP contribution < -0.4 is 14.8 Å². The number of hydrogen-bond donors (Lipinski definition) is 1. The lowest BCUT2D eigenvalue weighted by molar-refractivity contribution is -0.118. The number of carbonyl (C=O) groups is 1. The highest BCUT2D eigenvalue weighted by Gasteiger charge is 2.18. The summed E-state index contributed by atoms with van der Waals surface area (Å²) in [4.78, 5) is 12.2. The summed E-state index contributed by atoms with van der Waals surface area (Å²) in [6, 6.07) is 18.4. The minimum absolute atomic E-state index is 0.182. The molecule has 0 spiro atoms. The van der Waals surface area contributed by atoms with Crippen LogP contribution in [0.25, 0.3) is 10.8 Å². The molecule has 0 heterocycles. The molecule has 0 saturated heterocycles. The number of rotatable bonds is 8. The van der Waals surface area contributed by atoms with Crippen LogP contribution in [0.1, 0.15) is 11.1 Å². The number of hydrogen-bond acceptors (Lipinski definition) is 5. The zero-order valence-corrected chi connectivity index (χ0v) is 17.2. The molecule has 0 radical (unpaired) electrons. The molecule has 0 aliphatic carbocycles. The number of fused-ring (bicyclic) bond motifs is 1. The summed E-state index contributed by atoms with van der Waals surface area (Å²) in [5.41, 5.74) is 1.47. The van der Waals surface area contributed by atoms with Gasteiger partial charge in [0.2, 0.25) is 5.91 Å². The van der Waals surface area contributed by atoms with E-state index in [1.165, 1.54) is 7.11 Å². The second-order valence-electron chi connectivity index (χ2n) is 6.64. The molecule has 0 fully saturated rings. The Labute approximate surface area is 170 Å². The van der Waals surface area contributed by atoms with E-state index in [1.54, 1.807) is 31.4 Å². The average molecular weight is 413 g/mol. The summed E-state index contributed by atoms with van der Waals surface area (Å²) in [5, 5.41) is 4.50. The minimum atomic E-state index is -3.61. The molecule has 0 unspecified atom stereocenters. The van der Waals surface area contributed by atoms with Crippen molar-refractivity contribution in [1.29, 1.82) is 0 Å². The van der Waals surface area contributed by atoms with Crippen LogP contribution in [0.2, 0.25) is 0 Å².